The molecule has 0 amide bonds. The first-order valence-corrected chi connectivity index (χ1v) is 18.0. The van der Waals surface area contributed by atoms with Crippen LogP contribution in [0.1, 0.15) is 56.0 Å². The zero-order chi connectivity index (χ0) is 36.7. The SMILES string of the molecule is CCOC(=O)C1=C(C)N=c2s/c(=C\c3cc(Br)c(OCc4ccc(C)cc4)c(OCC)c3)c(=O)n2[C@H]1c1ccc(OCC(=O)OC)c(OCC)c1. The smallest absolute Gasteiger partial charge is 0.343 e. The Kier molecular flexibility index (Phi) is 12.4. The molecule has 1 atom stereocenters. The zero-order valence-corrected chi connectivity index (χ0v) is 31.6. The minimum Gasteiger partial charge on any atom is -0.490 e. The Hall–Kier alpha value is -4.88. The summed E-state index contributed by atoms with van der Waals surface area (Å²) >= 11 is 4.85. The molecule has 0 saturated carbocycles. The van der Waals surface area contributed by atoms with Gasteiger partial charge in [-0.15, -0.1) is 0 Å². The maximum atomic E-state index is 14.3. The van der Waals surface area contributed by atoms with E-state index in [-0.39, 0.29) is 24.3 Å². The summed E-state index contributed by atoms with van der Waals surface area (Å²) in [6.07, 6.45) is 1.76. The predicted molar refractivity (Wildman–Crippen MR) is 196 cm³/mol. The Balaban J connectivity index is 1.59. The predicted octanol–water partition coefficient (Wildman–Crippen LogP) is 5.80. The van der Waals surface area contributed by atoms with E-state index in [4.69, 9.17) is 28.4 Å². The number of hydrogen-bond acceptors (Lipinski definition) is 11. The van der Waals surface area contributed by atoms with Gasteiger partial charge in [0.2, 0.25) is 0 Å². The number of aromatic nitrogens is 1. The summed E-state index contributed by atoms with van der Waals surface area (Å²) in [6, 6.07) is 15.9. The maximum absolute atomic E-state index is 14.3. The van der Waals surface area contributed by atoms with E-state index >= 15 is 0 Å². The van der Waals surface area contributed by atoms with Crippen molar-refractivity contribution < 1.29 is 38.0 Å². The molecule has 1 aliphatic rings. The molecule has 0 bridgehead atoms. The largest absolute Gasteiger partial charge is 0.490 e. The summed E-state index contributed by atoms with van der Waals surface area (Å²) in [5.74, 6) is 0.565. The Morgan fingerprint density at radius 2 is 1.63 bits per heavy atom. The molecule has 3 aromatic carbocycles. The van der Waals surface area contributed by atoms with Crippen LogP contribution >= 0.6 is 27.3 Å². The molecule has 51 heavy (non-hydrogen) atoms. The summed E-state index contributed by atoms with van der Waals surface area (Å²) in [6.45, 7) is 10.0. The zero-order valence-electron chi connectivity index (χ0n) is 29.2. The van der Waals surface area contributed by atoms with Gasteiger partial charge in [0.05, 0.1) is 53.2 Å². The highest BCUT2D eigenvalue weighted by atomic mass is 79.9. The number of thiazole rings is 1. The van der Waals surface area contributed by atoms with E-state index in [1.54, 1.807) is 38.1 Å². The summed E-state index contributed by atoms with van der Waals surface area (Å²) < 4.78 is 36.3. The first-order valence-electron chi connectivity index (χ1n) is 16.4. The molecule has 0 radical (unpaired) electrons. The van der Waals surface area contributed by atoms with Gasteiger partial charge in [0, 0.05) is 0 Å². The van der Waals surface area contributed by atoms with Gasteiger partial charge in [-0.1, -0.05) is 47.2 Å². The molecule has 0 unspecified atom stereocenters. The number of rotatable bonds is 14. The number of benzene rings is 3. The first-order chi connectivity index (χ1) is 24.6. The van der Waals surface area contributed by atoms with Gasteiger partial charge in [-0.25, -0.2) is 14.6 Å². The fourth-order valence-electron chi connectivity index (χ4n) is 5.45. The lowest BCUT2D eigenvalue weighted by Crippen LogP contribution is -2.40. The van der Waals surface area contributed by atoms with Crippen molar-refractivity contribution in [2.24, 2.45) is 4.99 Å². The minimum absolute atomic E-state index is 0.138. The molecule has 0 aliphatic carbocycles. The molecule has 5 rings (SSSR count). The van der Waals surface area contributed by atoms with E-state index in [1.165, 1.54) is 28.6 Å². The third kappa shape index (κ3) is 8.54. The Morgan fingerprint density at radius 1 is 0.902 bits per heavy atom. The molecule has 0 fully saturated rings. The topological polar surface area (TPSA) is 124 Å². The van der Waals surface area contributed by atoms with Crippen molar-refractivity contribution in [3.8, 4) is 23.0 Å². The highest BCUT2D eigenvalue weighted by molar-refractivity contribution is 9.10. The Labute approximate surface area is 307 Å². The van der Waals surface area contributed by atoms with E-state index in [0.717, 1.165) is 5.56 Å². The van der Waals surface area contributed by atoms with E-state index < -0.39 is 18.0 Å². The lowest BCUT2D eigenvalue weighted by molar-refractivity contribution is -0.143. The minimum atomic E-state index is -0.889. The molecule has 13 heteroatoms. The monoisotopic (exact) mass is 778 g/mol. The number of carbonyl (C=O) groups is 2. The lowest BCUT2D eigenvalue weighted by atomic mass is 9.95. The van der Waals surface area contributed by atoms with Crippen molar-refractivity contribution in [1.29, 1.82) is 0 Å². The van der Waals surface area contributed by atoms with Gasteiger partial charge in [0.25, 0.3) is 5.56 Å². The number of methoxy groups -OCH3 is 1. The summed E-state index contributed by atoms with van der Waals surface area (Å²) in [4.78, 5) is 44.6. The van der Waals surface area contributed by atoms with Crippen molar-refractivity contribution in [3.63, 3.8) is 0 Å². The van der Waals surface area contributed by atoms with Crippen molar-refractivity contribution in [3.05, 3.63) is 112 Å². The average Bonchev–Trinajstić information content (AvgIpc) is 3.41. The van der Waals surface area contributed by atoms with Crippen LogP contribution in [0.4, 0.5) is 0 Å². The van der Waals surface area contributed by atoms with Crippen molar-refractivity contribution in [1.82, 2.24) is 4.57 Å². The van der Waals surface area contributed by atoms with E-state index in [9.17, 15) is 14.4 Å². The fraction of sp³-hybridized carbons (Fsp3) is 0.316. The van der Waals surface area contributed by atoms with Crippen LogP contribution in [-0.2, 0) is 25.7 Å². The van der Waals surface area contributed by atoms with Crippen molar-refractivity contribution >= 4 is 45.3 Å². The number of fused-ring (bicyclic) bond motifs is 1. The lowest BCUT2D eigenvalue weighted by Gasteiger charge is -2.25. The molecule has 11 nitrogen and oxygen atoms in total. The molecule has 2 heterocycles. The normalized spacial score (nSPS) is 14.0. The molecule has 0 spiro atoms. The van der Waals surface area contributed by atoms with E-state index in [0.29, 0.717) is 73.4 Å². The highest BCUT2D eigenvalue weighted by Gasteiger charge is 2.34. The third-order valence-electron chi connectivity index (χ3n) is 7.81. The second-order valence-corrected chi connectivity index (χ2v) is 13.2. The van der Waals surface area contributed by atoms with Gasteiger partial charge >= 0.3 is 11.9 Å². The molecular weight excluding hydrogens is 740 g/mol. The molecular formula is C38H39BrN2O9S. The number of hydrogen-bond donors (Lipinski definition) is 0. The standard InChI is InChI=1S/C38H39BrN2O9S/c1-7-46-29-19-26(14-15-28(29)49-21-32(42)45-6)34-33(37(44)48-9-3)23(5)40-38-41(34)36(43)31(51-38)18-25-16-27(39)35(30(17-25)47-8-2)50-20-24-12-10-22(4)11-13-24/h10-19,34H,7-9,20-21H2,1-6H3/b31-18-/t34-/m0/s1. The van der Waals surface area contributed by atoms with Gasteiger partial charge in [0.15, 0.2) is 34.4 Å². The third-order valence-corrected chi connectivity index (χ3v) is 9.38. The van der Waals surface area contributed by atoms with Crippen LogP contribution in [0.3, 0.4) is 0 Å². The number of esters is 2. The number of ether oxygens (including phenoxy) is 6. The van der Waals surface area contributed by atoms with Crippen molar-refractivity contribution in [2.45, 2.75) is 47.3 Å². The molecule has 268 valence electrons. The summed E-state index contributed by atoms with van der Waals surface area (Å²) in [5, 5.41) is 0. The summed E-state index contributed by atoms with van der Waals surface area (Å²) in [7, 11) is 1.27. The van der Waals surface area contributed by atoms with Gasteiger partial charge in [0.1, 0.15) is 6.61 Å². The van der Waals surface area contributed by atoms with Gasteiger partial charge in [-0.2, -0.15) is 0 Å². The van der Waals surface area contributed by atoms with Crippen LogP contribution in [0.5, 0.6) is 23.0 Å². The van der Waals surface area contributed by atoms with E-state index in [1.807, 2.05) is 57.2 Å². The molecule has 0 N–H and O–H groups in total. The number of halogens is 1. The quantitative estimate of drug-likeness (QED) is 0.146. The number of allylic oxidation sites excluding steroid dienone is 1. The number of nitrogens with zero attached hydrogens (tertiary/aromatic N) is 2. The number of carbonyl (C=O) groups excluding carboxylic acids is 2. The van der Waals surface area contributed by atoms with Crippen LogP contribution in [0, 0.1) is 6.92 Å². The van der Waals surface area contributed by atoms with Crippen LogP contribution in [-0.4, -0.2) is 50.0 Å². The number of aryl methyl sites for hydroxylation is 1. The highest BCUT2D eigenvalue weighted by Crippen LogP contribution is 2.39. The molecule has 4 aromatic rings. The fourth-order valence-corrected chi connectivity index (χ4v) is 7.07. The maximum Gasteiger partial charge on any atom is 0.343 e. The second-order valence-electron chi connectivity index (χ2n) is 11.3. The molecule has 1 aromatic heterocycles. The van der Waals surface area contributed by atoms with E-state index in [2.05, 4.69) is 20.9 Å². The average molecular weight is 780 g/mol. The van der Waals surface area contributed by atoms with Crippen LogP contribution in [0.25, 0.3) is 6.08 Å². The van der Waals surface area contributed by atoms with Crippen LogP contribution in [0.2, 0.25) is 0 Å². The summed E-state index contributed by atoms with van der Waals surface area (Å²) in [5.41, 5.74) is 3.73. The second kappa shape index (κ2) is 16.9. The Morgan fingerprint density at radius 3 is 2.31 bits per heavy atom. The molecule has 0 saturated heterocycles. The van der Waals surface area contributed by atoms with Crippen molar-refractivity contribution in [2.75, 3.05) is 33.5 Å². The molecule has 1 aliphatic heterocycles. The Bertz CT molecular complexity index is 2140. The van der Waals surface area contributed by atoms with Crippen LogP contribution in [0.15, 0.2) is 80.1 Å². The van der Waals surface area contributed by atoms with Gasteiger partial charge in [-0.05, 0) is 97.6 Å². The van der Waals surface area contributed by atoms with Crippen LogP contribution < -0.4 is 33.8 Å². The first kappa shape index (κ1) is 37.4. The van der Waals surface area contributed by atoms with Gasteiger partial charge in [-0.3, -0.25) is 9.36 Å². The van der Waals surface area contributed by atoms with Gasteiger partial charge < -0.3 is 28.4 Å².